The molecule has 0 fully saturated rings. The zero-order chi connectivity index (χ0) is 17.2. The van der Waals surface area contributed by atoms with E-state index in [0.717, 1.165) is 18.4 Å². The first-order valence-electron chi connectivity index (χ1n) is 8.22. The molecule has 1 aliphatic rings. The van der Waals surface area contributed by atoms with Crippen molar-refractivity contribution in [3.05, 3.63) is 71.3 Å². The van der Waals surface area contributed by atoms with Gasteiger partial charge >= 0.3 is 5.97 Å². The molecule has 2 nitrogen and oxygen atoms in total. The highest BCUT2D eigenvalue weighted by molar-refractivity contribution is 8.00. The summed E-state index contributed by atoms with van der Waals surface area (Å²) in [6, 6.07) is 15.8. The van der Waals surface area contributed by atoms with Crippen LogP contribution in [-0.4, -0.2) is 16.3 Å². The largest absolute Gasteiger partial charge is 0.478 e. The van der Waals surface area contributed by atoms with Crippen LogP contribution in [0, 0.1) is 0 Å². The van der Waals surface area contributed by atoms with Gasteiger partial charge in [0.2, 0.25) is 0 Å². The Morgan fingerprint density at radius 1 is 1.21 bits per heavy atom. The van der Waals surface area contributed by atoms with Crippen molar-refractivity contribution in [2.75, 3.05) is 0 Å². The molecule has 0 radical (unpaired) electrons. The Hall–Kier alpha value is -2.00. The van der Waals surface area contributed by atoms with Gasteiger partial charge in [0.05, 0.1) is 5.56 Å². The standard InChI is InChI=1S/C21H22O2S/c1-21(2)14-16(24-19-13-6-5-12-18(19)21)10-7-9-15-8-3-4-11-17(15)20(22)23/h3-9,11-13,16H,10,14H2,1-2H3,(H,22,23). The van der Waals surface area contributed by atoms with E-state index in [9.17, 15) is 9.90 Å². The molecule has 1 atom stereocenters. The van der Waals surface area contributed by atoms with E-state index < -0.39 is 5.97 Å². The molecule has 3 rings (SSSR count). The Balaban J connectivity index is 1.74. The molecule has 2 aromatic carbocycles. The first-order valence-corrected chi connectivity index (χ1v) is 9.10. The van der Waals surface area contributed by atoms with E-state index in [1.54, 1.807) is 12.1 Å². The van der Waals surface area contributed by atoms with Crippen LogP contribution in [0.15, 0.2) is 59.5 Å². The quantitative estimate of drug-likeness (QED) is 0.785. The van der Waals surface area contributed by atoms with E-state index >= 15 is 0 Å². The molecule has 0 amide bonds. The summed E-state index contributed by atoms with van der Waals surface area (Å²) in [5.74, 6) is -0.877. The van der Waals surface area contributed by atoms with E-state index in [-0.39, 0.29) is 5.41 Å². The van der Waals surface area contributed by atoms with Crippen LogP contribution >= 0.6 is 11.8 Å². The van der Waals surface area contributed by atoms with Gasteiger partial charge in [-0.05, 0) is 41.5 Å². The number of aromatic carboxylic acids is 1. The Morgan fingerprint density at radius 2 is 1.92 bits per heavy atom. The highest BCUT2D eigenvalue weighted by Gasteiger charge is 2.32. The summed E-state index contributed by atoms with van der Waals surface area (Å²) in [5.41, 5.74) is 2.74. The maximum atomic E-state index is 11.3. The molecule has 3 heteroatoms. The number of benzene rings is 2. The average Bonchev–Trinajstić information content (AvgIpc) is 2.54. The van der Waals surface area contributed by atoms with E-state index in [4.69, 9.17) is 0 Å². The smallest absolute Gasteiger partial charge is 0.336 e. The first kappa shape index (κ1) is 16.8. The molecule has 0 bridgehead atoms. The molecule has 0 spiro atoms. The lowest BCUT2D eigenvalue weighted by molar-refractivity contribution is 0.0696. The average molecular weight is 338 g/mol. The first-order chi connectivity index (χ1) is 11.5. The van der Waals surface area contributed by atoms with Crippen molar-refractivity contribution in [2.24, 2.45) is 0 Å². The minimum atomic E-state index is -0.877. The molecule has 0 aliphatic carbocycles. The van der Waals surface area contributed by atoms with Crippen LogP contribution in [-0.2, 0) is 5.41 Å². The maximum absolute atomic E-state index is 11.3. The summed E-state index contributed by atoms with van der Waals surface area (Å²) < 4.78 is 0. The molecule has 1 N–H and O–H groups in total. The number of fused-ring (bicyclic) bond motifs is 1. The number of carboxylic acid groups (broad SMARTS) is 1. The maximum Gasteiger partial charge on any atom is 0.336 e. The molecular weight excluding hydrogens is 316 g/mol. The molecule has 1 unspecified atom stereocenters. The molecule has 0 saturated heterocycles. The number of hydrogen-bond acceptors (Lipinski definition) is 2. The summed E-state index contributed by atoms with van der Waals surface area (Å²) >= 11 is 1.94. The minimum absolute atomic E-state index is 0.180. The predicted octanol–water partition coefficient (Wildman–Crippen LogP) is 5.63. The van der Waals surface area contributed by atoms with Gasteiger partial charge in [-0.1, -0.05) is 62.4 Å². The van der Waals surface area contributed by atoms with Gasteiger partial charge in [0.15, 0.2) is 0 Å². The van der Waals surface area contributed by atoms with E-state index in [2.05, 4.69) is 44.2 Å². The lowest BCUT2D eigenvalue weighted by atomic mass is 9.79. The fraction of sp³-hybridized carbons (Fsp3) is 0.286. The minimum Gasteiger partial charge on any atom is -0.478 e. The van der Waals surface area contributed by atoms with Crippen molar-refractivity contribution in [1.29, 1.82) is 0 Å². The number of rotatable bonds is 4. The van der Waals surface area contributed by atoms with Crippen LogP contribution in [0.3, 0.4) is 0 Å². The summed E-state index contributed by atoms with van der Waals surface area (Å²) in [6.07, 6.45) is 6.12. The van der Waals surface area contributed by atoms with Gasteiger partial charge in [-0.25, -0.2) is 4.79 Å². The fourth-order valence-electron chi connectivity index (χ4n) is 3.34. The molecular formula is C21H22O2S. The van der Waals surface area contributed by atoms with Crippen molar-refractivity contribution in [3.63, 3.8) is 0 Å². The zero-order valence-electron chi connectivity index (χ0n) is 14.0. The Morgan fingerprint density at radius 3 is 2.71 bits per heavy atom. The number of thioether (sulfide) groups is 1. The molecule has 1 aliphatic heterocycles. The predicted molar refractivity (Wildman–Crippen MR) is 101 cm³/mol. The third kappa shape index (κ3) is 3.57. The number of hydrogen-bond donors (Lipinski definition) is 1. The normalized spacial score (nSPS) is 19.2. The zero-order valence-corrected chi connectivity index (χ0v) is 14.8. The summed E-state index contributed by atoms with van der Waals surface area (Å²) in [5, 5.41) is 9.77. The van der Waals surface area contributed by atoms with E-state index in [0.29, 0.717) is 10.8 Å². The van der Waals surface area contributed by atoms with Crippen molar-refractivity contribution in [3.8, 4) is 0 Å². The second-order valence-electron chi connectivity index (χ2n) is 6.85. The van der Waals surface area contributed by atoms with Gasteiger partial charge in [-0.3, -0.25) is 0 Å². The third-order valence-corrected chi connectivity index (χ3v) is 5.84. The van der Waals surface area contributed by atoms with Crippen LogP contribution in [0.1, 0.15) is 48.2 Å². The van der Waals surface area contributed by atoms with Gasteiger partial charge < -0.3 is 5.11 Å². The lowest BCUT2D eigenvalue weighted by Gasteiger charge is -2.36. The Kier molecular flexibility index (Phi) is 4.81. The highest BCUT2D eigenvalue weighted by Crippen LogP contribution is 2.46. The van der Waals surface area contributed by atoms with Gasteiger partial charge in [-0.2, -0.15) is 0 Å². The van der Waals surface area contributed by atoms with Crippen molar-refractivity contribution < 1.29 is 9.90 Å². The third-order valence-electron chi connectivity index (χ3n) is 4.54. The van der Waals surface area contributed by atoms with E-state index in [1.807, 2.05) is 30.0 Å². The van der Waals surface area contributed by atoms with Crippen molar-refractivity contribution >= 4 is 23.8 Å². The topological polar surface area (TPSA) is 37.3 Å². The number of carbonyl (C=O) groups is 1. The van der Waals surface area contributed by atoms with Crippen molar-refractivity contribution in [2.45, 2.75) is 42.2 Å². The van der Waals surface area contributed by atoms with Crippen molar-refractivity contribution in [1.82, 2.24) is 0 Å². The monoisotopic (exact) mass is 338 g/mol. The van der Waals surface area contributed by atoms with Gasteiger partial charge in [0.25, 0.3) is 0 Å². The van der Waals surface area contributed by atoms with Gasteiger partial charge in [-0.15, -0.1) is 11.8 Å². The molecule has 24 heavy (non-hydrogen) atoms. The highest BCUT2D eigenvalue weighted by atomic mass is 32.2. The summed E-state index contributed by atoms with van der Waals surface area (Å²) in [4.78, 5) is 12.6. The van der Waals surface area contributed by atoms with Gasteiger partial charge in [0.1, 0.15) is 0 Å². The van der Waals surface area contributed by atoms with Crippen LogP contribution in [0.2, 0.25) is 0 Å². The summed E-state index contributed by atoms with van der Waals surface area (Å²) in [6.45, 7) is 4.62. The second-order valence-corrected chi connectivity index (χ2v) is 8.20. The molecule has 0 aromatic heterocycles. The van der Waals surface area contributed by atoms with Crippen LogP contribution in [0.5, 0.6) is 0 Å². The van der Waals surface area contributed by atoms with Gasteiger partial charge in [0, 0.05) is 10.1 Å². The van der Waals surface area contributed by atoms with Crippen LogP contribution < -0.4 is 0 Å². The molecule has 124 valence electrons. The van der Waals surface area contributed by atoms with Crippen LogP contribution in [0.25, 0.3) is 6.08 Å². The fourth-order valence-corrected chi connectivity index (χ4v) is 5.04. The number of allylic oxidation sites excluding steroid dienone is 1. The number of carboxylic acids is 1. The Bertz CT molecular complexity index is 777. The summed E-state index contributed by atoms with van der Waals surface area (Å²) in [7, 11) is 0. The second kappa shape index (κ2) is 6.86. The molecule has 0 saturated carbocycles. The molecule has 1 heterocycles. The SMILES string of the molecule is CC1(C)CC(CC=Cc2ccccc2C(=O)O)Sc2ccccc21. The van der Waals surface area contributed by atoms with E-state index in [1.165, 1.54) is 10.5 Å². The molecule has 2 aromatic rings. The lowest BCUT2D eigenvalue weighted by Crippen LogP contribution is -2.27. The van der Waals surface area contributed by atoms with Crippen LogP contribution in [0.4, 0.5) is 0 Å². The Labute approximate surface area is 147 Å².